The van der Waals surface area contributed by atoms with Crippen LogP contribution in [0.2, 0.25) is 0 Å². The average Bonchev–Trinajstić information content (AvgIpc) is 2.73. The summed E-state index contributed by atoms with van der Waals surface area (Å²) in [6, 6.07) is 24.2. The summed E-state index contributed by atoms with van der Waals surface area (Å²) < 4.78 is 11.3. The number of ether oxygens (including phenoxy) is 2. The molecule has 0 saturated heterocycles. The van der Waals surface area contributed by atoms with E-state index in [1.54, 1.807) is 18.2 Å². The Morgan fingerprint density at radius 3 is 2.32 bits per heavy atom. The number of nitrogens with one attached hydrogen (secondary N) is 2. The molecule has 3 rings (SSSR count). The zero-order valence-electron chi connectivity index (χ0n) is 15.4. The molecule has 0 aliphatic heterocycles. The summed E-state index contributed by atoms with van der Waals surface area (Å²) in [5.74, 6) is 1.99. The molecule has 3 aromatic rings. The zero-order chi connectivity index (χ0) is 19.6. The molecule has 0 spiro atoms. The van der Waals surface area contributed by atoms with E-state index >= 15 is 0 Å². The number of carbonyl (C=O) groups is 1. The van der Waals surface area contributed by atoms with E-state index in [9.17, 15) is 4.79 Å². The Labute approximate surface area is 164 Å². The van der Waals surface area contributed by atoms with Gasteiger partial charge >= 0.3 is 0 Å². The van der Waals surface area contributed by atoms with Gasteiger partial charge in [-0.15, -0.1) is 0 Å². The van der Waals surface area contributed by atoms with Crippen LogP contribution in [0.1, 0.15) is 0 Å². The monoisotopic (exact) mass is 374 g/mol. The second kappa shape index (κ2) is 9.83. The van der Waals surface area contributed by atoms with Gasteiger partial charge in [0.1, 0.15) is 23.9 Å². The Hall–Kier alpha value is -3.73. The molecule has 0 bridgehead atoms. The highest BCUT2D eigenvalue weighted by atomic mass is 16.5. The van der Waals surface area contributed by atoms with E-state index in [4.69, 9.17) is 9.47 Å². The van der Waals surface area contributed by atoms with Gasteiger partial charge < -0.3 is 20.1 Å². The maximum atomic E-state index is 12.2. The van der Waals surface area contributed by atoms with Crippen LogP contribution < -0.4 is 20.1 Å². The number of carbonyl (C=O) groups excluding carboxylic acids is 1. The fourth-order valence-electron chi connectivity index (χ4n) is 2.50. The van der Waals surface area contributed by atoms with E-state index < -0.39 is 0 Å². The summed E-state index contributed by atoms with van der Waals surface area (Å²) in [6.07, 6.45) is 1.68. The second-order valence-electron chi connectivity index (χ2n) is 5.94. The van der Waals surface area contributed by atoms with Crippen LogP contribution in [0.15, 0.2) is 91.5 Å². The fourth-order valence-corrected chi connectivity index (χ4v) is 2.50. The van der Waals surface area contributed by atoms with E-state index in [1.165, 1.54) is 0 Å². The van der Waals surface area contributed by atoms with Crippen molar-refractivity contribution in [3.8, 4) is 17.2 Å². The summed E-state index contributed by atoms with van der Waals surface area (Å²) in [7, 11) is 0. The summed E-state index contributed by atoms with van der Waals surface area (Å²) >= 11 is 0. The van der Waals surface area contributed by atoms with Gasteiger partial charge in [-0.1, -0.05) is 43.0 Å². The van der Waals surface area contributed by atoms with Crippen molar-refractivity contribution in [2.75, 3.05) is 23.8 Å². The molecule has 0 fully saturated rings. The van der Waals surface area contributed by atoms with Crippen LogP contribution in [0.5, 0.6) is 17.2 Å². The first-order valence-corrected chi connectivity index (χ1v) is 8.94. The lowest BCUT2D eigenvalue weighted by Crippen LogP contribution is -2.22. The highest BCUT2D eigenvalue weighted by Crippen LogP contribution is 2.24. The Balaban J connectivity index is 1.52. The Morgan fingerprint density at radius 1 is 0.893 bits per heavy atom. The third-order valence-electron chi connectivity index (χ3n) is 3.80. The smallest absolute Gasteiger partial charge is 0.243 e. The van der Waals surface area contributed by atoms with Crippen molar-refractivity contribution < 1.29 is 14.3 Å². The maximum absolute atomic E-state index is 12.2. The molecule has 0 aliphatic carbocycles. The molecule has 142 valence electrons. The Morgan fingerprint density at radius 2 is 1.57 bits per heavy atom. The first-order valence-electron chi connectivity index (χ1n) is 8.94. The number of hydrogen-bond acceptors (Lipinski definition) is 4. The molecular formula is C23H22N2O3. The molecule has 0 heterocycles. The predicted molar refractivity (Wildman–Crippen MR) is 112 cm³/mol. The molecular weight excluding hydrogens is 352 g/mol. The minimum Gasteiger partial charge on any atom is -0.487 e. The van der Waals surface area contributed by atoms with E-state index in [0.717, 1.165) is 11.4 Å². The standard InChI is InChI=1S/C23H22N2O3/c1-2-16-27-22-11-7-6-10-21(22)24-17-23(26)25-18-12-14-20(15-13-18)28-19-8-4-3-5-9-19/h2-15,24H,1,16-17H2,(H,25,26). The van der Waals surface area contributed by atoms with Crippen LogP contribution in [0.4, 0.5) is 11.4 Å². The minimum absolute atomic E-state index is 0.122. The van der Waals surface area contributed by atoms with Crippen LogP contribution in [0, 0.1) is 0 Å². The topological polar surface area (TPSA) is 59.6 Å². The van der Waals surface area contributed by atoms with Crippen LogP contribution in [0.25, 0.3) is 0 Å². The SMILES string of the molecule is C=CCOc1ccccc1NCC(=O)Nc1ccc(Oc2ccccc2)cc1. The number of para-hydroxylation sites is 3. The summed E-state index contributed by atoms with van der Waals surface area (Å²) in [5.41, 5.74) is 1.45. The number of anilines is 2. The number of benzene rings is 3. The van der Waals surface area contributed by atoms with Crippen molar-refractivity contribution in [3.63, 3.8) is 0 Å². The molecule has 1 amide bonds. The largest absolute Gasteiger partial charge is 0.487 e. The Kier molecular flexibility index (Phi) is 6.68. The zero-order valence-corrected chi connectivity index (χ0v) is 15.4. The third kappa shape index (κ3) is 5.64. The molecule has 0 aromatic heterocycles. The molecule has 28 heavy (non-hydrogen) atoms. The number of rotatable bonds is 9. The third-order valence-corrected chi connectivity index (χ3v) is 3.80. The van der Waals surface area contributed by atoms with Gasteiger partial charge in [-0.3, -0.25) is 4.79 Å². The van der Waals surface area contributed by atoms with Crippen LogP contribution in [-0.2, 0) is 4.79 Å². The number of amides is 1. The molecule has 0 radical (unpaired) electrons. The van der Waals surface area contributed by atoms with Crippen molar-refractivity contribution in [2.45, 2.75) is 0 Å². The lowest BCUT2D eigenvalue weighted by Gasteiger charge is -2.12. The molecule has 0 atom stereocenters. The van der Waals surface area contributed by atoms with Crippen LogP contribution in [-0.4, -0.2) is 19.1 Å². The highest BCUT2D eigenvalue weighted by molar-refractivity contribution is 5.94. The lowest BCUT2D eigenvalue weighted by atomic mass is 10.2. The second-order valence-corrected chi connectivity index (χ2v) is 5.94. The van der Waals surface area contributed by atoms with E-state index in [0.29, 0.717) is 23.8 Å². The van der Waals surface area contributed by atoms with Crippen molar-refractivity contribution in [2.24, 2.45) is 0 Å². The van der Waals surface area contributed by atoms with Gasteiger partial charge in [0.25, 0.3) is 0 Å². The molecule has 3 aromatic carbocycles. The van der Waals surface area contributed by atoms with Crippen LogP contribution in [0.3, 0.4) is 0 Å². The summed E-state index contributed by atoms with van der Waals surface area (Å²) in [6.45, 7) is 4.16. The molecule has 0 aliphatic rings. The first kappa shape index (κ1) is 19.0. The lowest BCUT2D eigenvalue weighted by molar-refractivity contribution is -0.114. The average molecular weight is 374 g/mol. The fraction of sp³-hybridized carbons (Fsp3) is 0.0870. The van der Waals surface area contributed by atoms with Gasteiger partial charge in [0, 0.05) is 5.69 Å². The normalized spacial score (nSPS) is 10.0. The Bertz CT molecular complexity index is 909. The van der Waals surface area contributed by atoms with Gasteiger partial charge in [0.05, 0.1) is 12.2 Å². The summed E-state index contributed by atoms with van der Waals surface area (Å²) in [4.78, 5) is 12.2. The highest BCUT2D eigenvalue weighted by Gasteiger charge is 2.06. The van der Waals surface area contributed by atoms with Gasteiger partial charge in [-0.25, -0.2) is 0 Å². The molecule has 5 nitrogen and oxygen atoms in total. The van der Waals surface area contributed by atoms with Crippen molar-refractivity contribution in [1.29, 1.82) is 0 Å². The molecule has 0 unspecified atom stereocenters. The van der Waals surface area contributed by atoms with Crippen molar-refractivity contribution >= 4 is 17.3 Å². The molecule has 0 saturated carbocycles. The van der Waals surface area contributed by atoms with Gasteiger partial charge in [-0.2, -0.15) is 0 Å². The van der Waals surface area contributed by atoms with Gasteiger partial charge in [-0.05, 0) is 48.5 Å². The van der Waals surface area contributed by atoms with E-state index in [2.05, 4.69) is 17.2 Å². The predicted octanol–water partition coefficient (Wildman–Crippen LogP) is 5.09. The quantitative estimate of drug-likeness (QED) is 0.512. The minimum atomic E-state index is -0.157. The van der Waals surface area contributed by atoms with Crippen LogP contribution >= 0.6 is 0 Å². The maximum Gasteiger partial charge on any atom is 0.243 e. The van der Waals surface area contributed by atoms with E-state index in [-0.39, 0.29) is 12.5 Å². The van der Waals surface area contributed by atoms with Gasteiger partial charge in [0.15, 0.2) is 0 Å². The van der Waals surface area contributed by atoms with Crippen molar-refractivity contribution in [1.82, 2.24) is 0 Å². The first-order chi connectivity index (χ1) is 13.7. The number of hydrogen-bond donors (Lipinski definition) is 2. The summed E-state index contributed by atoms with van der Waals surface area (Å²) in [5, 5.41) is 5.94. The molecule has 5 heteroatoms. The molecule has 2 N–H and O–H groups in total. The van der Waals surface area contributed by atoms with Crippen molar-refractivity contribution in [3.05, 3.63) is 91.5 Å². The van der Waals surface area contributed by atoms with Gasteiger partial charge in [0.2, 0.25) is 5.91 Å². The van der Waals surface area contributed by atoms with E-state index in [1.807, 2.05) is 66.7 Å².